The zero-order chi connectivity index (χ0) is 10.7. The second kappa shape index (κ2) is 4.23. The van der Waals surface area contributed by atoms with Gasteiger partial charge in [-0.1, -0.05) is 0 Å². The molecule has 78 valence electrons. The van der Waals surface area contributed by atoms with Crippen molar-refractivity contribution in [2.75, 3.05) is 13.7 Å². The van der Waals surface area contributed by atoms with E-state index in [1.807, 2.05) is 16.8 Å². The number of Topliss-reactive ketones (excluding diaryl/α,β-unsaturated/α-hetero) is 1. The lowest BCUT2D eigenvalue weighted by atomic mass is 10.1. The van der Waals surface area contributed by atoms with Gasteiger partial charge in [-0.2, -0.15) is 0 Å². The Hall–Kier alpha value is -1.68. The molecule has 0 fully saturated rings. The summed E-state index contributed by atoms with van der Waals surface area (Å²) in [6.07, 6.45) is 5.80. The smallest absolute Gasteiger partial charge is 0.165 e. The van der Waals surface area contributed by atoms with Gasteiger partial charge in [-0.3, -0.25) is 4.79 Å². The van der Waals surface area contributed by atoms with Gasteiger partial charge >= 0.3 is 0 Å². The van der Waals surface area contributed by atoms with E-state index in [0.717, 1.165) is 5.65 Å². The molecule has 2 heterocycles. The van der Waals surface area contributed by atoms with Crippen molar-refractivity contribution >= 4 is 11.4 Å². The molecule has 0 N–H and O–H groups in total. The Labute approximate surface area is 87.5 Å². The van der Waals surface area contributed by atoms with Gasteiger partial charge in [-0.05, 0) is 12.1 Å². The highest BCUT2D eigenvalue weighted by molar-refractivity contribution is 5.96. The molecule has 0 unspecified atom stereocenters. The van der Waals surface area contributed by atoms with Crippen molar-refractivity contribution in [3.05, 3.63) is 36.3 Å². The van der Waals surface area contributed by atoms with Gasteiger partial charge in [0.05, 0.1) is 6.61 Å². The summed E-state index contributed by atoms with van der Waals surface area (Å²) in [5.74, 6) is 0.0855. The highest BCUT2D eigenvalue weighted by Crippen LogP contribution is 2.07. The van der Waals surface area contributed by atoms with Gasteiger partial charge in [0, 0.05) is 37.7 Å². The van der Waals surface area contributed by atoms with Crippen molar-refractivity contribution in [3.63, 3.8) is 0 Å². The average Bonchev–Trinajstić information content (AvgIpc) is 2.72. The molecule has 4 heteroatoms. The van der Waals surface area contributed by atoms with Crippen LogP contribution in [0.3, 0.4) is 0 Å². The minimum absolute atomic E-state index is 0.0855. The van der Waals surface area contributed by atoms with Crippen LogP contribution < -0.4 is 0 Å². The van der Waals surface area contributed by atoms with E-state index in [4.69, 9.17) is 4.74 Å². The van der Waals surface area contributed by atoms with Gasteiger partial charge in [-0.15, -0.1) is 0 Å². The second-order valence-electron chi connectivity index (χ2n) is 3.27. The number of pyridine rings is 1. The molecule has 0 bridgehead atoms. The quantitative estimate of drug-likeness (QED) is 0.710. The van der Waals surface area contributed by atoms with Crippen LogP contribution in [0.15, 0.2) is 30.7 Å². The second-order valence-corrected chi connectivity index (χ2v) is 3.27. The molecule has 2 rings (SSSR count). The summed E-state index contributed by atoms with van der Waals surface area (Å²) < 4.78 is 6.73. The number of aromatic nitrogens is 2. The van der Waals surface area contributed by atoms with Crippen molar-refractivity contribution in [2.45, 2.75) is 6.42 Å². The number of hydrogen-bond donors (Lipinski definition) is 0. The lowest BCUT2D eigenvalue weighted by Crippen LogP contribution is -2.03. The molecule has 0 spiro atoms. The topological polar surface area (TPSA) is 43.6 Å². The molecule has 15 heavy (non-hydrogen) atoms. The van der Waals surface area contributed by atoms with Crippen LogP contribution in [-0.2, 0) is 4.74 Å². The number of ketones is 1. The molecule has 0 aliphatic heterocycles. The Morgan fingerprint density at radius 1 is 1.53 bits per heavy atom. The van der Waals surface area contributed by atoms with Gasteiger partial charge in [0.25, 0.3) is 0 Å². The number of carbonyl (C=O) groups excluding carboxylic acids is 1. The van der Waals surface area contributed by atoms with Crippen molar-refractivity contribution in [1.82, 2.24) is 9.38 Å². The number of rotatable bonds is 4. The molecule has 0 aromatic carbocycles. The lowest BCUT2D eigenvalue weighted by molar-refractivity contribution is 0.0932. The van der Waals surface area contributed by atoms with Crippen LogP contribution in [0.5, 0.6) is 0 Å². The number of ether oxygens (including phenoxy) is 1. The number of carbonyl (C=O) groups is 1. The third-order valence-corrected chi connectivity index (χ3v) is 2.25. The fraction of sp³-hybridized carbons (Fsp3) is 0.273. The van der Waals surface area contributed by atoms with Crippen molar-refractivity contribution in [2.24, 2.45) is 0 Å². The first-order valence-corrected chi connectivity index (χ1v) is 4.76. The summed E-state index contributed by atoms with van der Waals surface area (Å²) in [7, 11) is 1.59. The standard InChI is InChI=1S/C11H12N2O2/c1-15-7-3-10(14)9-2-5-13-6-4-12-11(13)8-9/h2,4-6,8H,3,7H2,1H3. The molecule has 0 radical (unpaired) electrons. The van der Waals surface area contributed by atoms with E-state index in [1.165, 1.54) is 0 Å². The minimum atomic E-state index is 0.0855. The van der Waals surface area contributed by atoms with Gasteiger partial charge < -0.3 is 9.14 Å². The maximum atomic E-state index is 11.7. The summed E-state index contributed by atoms with van der Waals surface area (Å²) in [5.41, 5.74) is 1.48. The van der Waals surface area contributed by atoms with Crippen molar-refractivity contribution in [3.8, 4) is 0 Å². The zero-order valence-electron chi connectivity index (χ0n) is 8.51. The minimum Gasteiger partial charge on any atom is -0.384 e. The van der Waals surface area contributed by atoms with Crippen LogP contribution in [-0.4, -0.2) is 28.9 Å². The summed E-state index contributed by atoms with van der Waals surface area (Å²) >= 11 is 0. The Balaban J connectivity index is 2.23. The van der Waals surface area contributed by atoms with Gasteiger partial charge in [0.15, 0.2) is 5.78 Å². The predicted octanol–water partition coefficient (Wildman–Crippen LogP) is 1.55. The number of hydrogen-bond acceptors (Lipinski definition) is 3. The van der Waals surface area contributed by atoms with Crippen LogP contribution in [0.1, 0.15) is 16.8 Å². The lowest BCUT2D eigenvalue weighted by Gasteiger charge is -2.00. The van der Waals surface area contributed by atoms with Gasteiger partial charge in [0.1, 0.15) is 5.65 Å². The van der Waals surface area contributed by atoms with Crippen LogP contribution in [0, 0.1) is 0 Å². The number of methoxy groups -OCH3 is 1. The largest absolute Gasteiger partial charge is 0.384 e. The van der Waals surface area contributed by atoms with Crippen molar-refractivity contribution in [1.29, 1.82) is 0 Å². The fourth-order valence-corrected chi connectivity index (χ4v) is 1.42. The Morgan fingerprint density at radius 2 is 2.40 bits per heavy atom. The summed E-state index contributed by atoms with van der Waals surface area (Å²) in [4.78, 5) is 15.8. The highest BCUT2D eigenvalue weighted by Gasteiger charge is 2.06. The summed E-state index contributed by atoms with van der Waals surface area (Å²) in [5, 5.41) is 0. The Bertz CT molecular complexity index is 476. The number of imidazole rings is 1. The van der Waals surface area contributed by atoms with Gasteiger partial charge in [0.2, 0.25) is 0 Å². The van der Waals surface area contributed by atoms with E-state index in [1.54, 1.807) is 25.4 Å². The molecule has 0 aliphatic rings. The molecule has 0 aliphatic carbocycles. The van der Waals surface area contributed by atoms with Crippen LogP contribution in [0.25, 0.3) is 5.65 Å². The molecular formula is C11H12N2O2. The van der Waals surface area contributed by atoms with Crippen LogP contribution in [0.4, 0.5) is 0 Å². The molecule has 2 aromatic rings. The average molecular weight is 204 g/mol. The predicted molar refractivity (Wildman–Crippen MR) is 56.0 cm³/mol. The highest BCUT2D eigenvalue weighted by atomic mass is 16.5. The first-order valence-electron chi connectivity index (χ1n) is 4.76. The molecular weight excluding hydrogens is 192 g/mol. The molecule has 4 nitrogen and oxygen atoms in total. The van der Waals surface area contributed by atoms with E-state index in [9.17, 15) is 4.79 Å². The molecule has 0 saturated carbocycles. The van der Waals surface area contributed by atoms with E-state index >= 15 is 0 Å². The summed E-state index contributed by atoms with van der Waals surface area (Å²) in [6.45, 7) is 0.457. The van der Waals surface area contributed by atoms with Crippen molar-refractivity contribution < 1.29 is 9.53 Å². The molecule has 0 atom stereocenters. The summed E-state index contributed by atoms with van der Waals surface area (Å²) in [6, 6.07) is 3.59. The first kappa shape index (κ1) is 9.86. The van der Waals surface area contributed by atoms with E-state index < -0.39 is 0 Å². The third kappa shape index (κ3) is 2.05. The van der Waals surface area contributed by atoms with Crippen LogP contribution in [0.2, 0.25) is 0 Å². The fourth-order valence-electron chi connectivity index (χ4n) is 1.42. The third-order valence-electron chi connectivity index (χ3n) is 2.25. The SMILES string of the molecule is COCCC(=O)c1ccn2ccnc2c1. The van der Waals surface area contributed by atoms with Crippen LogP contribution >= 0.6 is 0 Å². The van der Waals surface area contributed by atoms with E-state index in [2.05, 4.69) is 4.98 Å². The maximum absolute atomic E-state index is 11.7. The maximum Gasteiger partial charge on any atom is 0.165 e. The number of fused-ring (bicyclic) bond motifs is 1. The Morgan fingerprint density at radius 3 is 3.20 bits per heavy atom. The monoisotopic (exact) mass is 204 g/mol. The molecule has 0 saturated heterocycles. The molecule has 2 aromatic heterocycles. The first-order chi connectivity index (χ1) is 7.31. The number of nitrogens with zero attached hydrogens (tertiary/aromatic N) is 2. The zero-order valence-corrected chi connectivity index (χ0v) is 8.51. The normalized spacial score (nSPS) is 10.7. The Kier molecular flexibility index (Phi) is 2.78. The van der Waals surface area contributed by atoms with E-state index in [-0.39, 0.29) is 5.78 Å². The van der Waals surface area contributed by atoms with Gasteiger partial charge in [-0.25, -0.2) is 4.98 Å². The molecule has 0 amide bonds. The van der Waals surface area contributed by atoms with E-state index in [0.29, 0.717) is 18.6 Å².